The molecule has 0 amide bonds. The highest BCUT2D eigenvalue weighted by atomic mass is 16.1. The molecular formula is C12H13NO. The van der Waals surface area contributed by atoms with Crippen LogP contribution in [0.4, 0.5) is 0 Å². The van der Waals surface area contributed by atoms with Gasteiger partial charge in [0, 0.05) is 17.9 Å². The van der Waals surface area contributed by atoms with Crippen LogP contribution < -0.4 is 0 Å². The van der Waals surface area contributed by atoms with Crippen molar-refractivity contribution in [1.82, 2.24) is 0 Å². The van der Waals surface area contributed by atoms with Crippen LogP contribution in [-0.4, -0.2) is 5.78 Å². The summed E-state index contributed by atoms with van der Waals surface area (Å²) in [6, 6.07) is 11.3. The van der Waals surface area contributed by atoms with Crippen molar-refractivity contribution >= 4 is 5.78 Å². The number of ketones is 1. The lowest BCUT2D eigenvalue weighted by Crippen LogP contribution is -2.01. The van der Waals surface area contributed by atoms with Gasteiger partial charge in [-0.05, 0) is 13.3 Å². The summed E-state index contributed by atoms with van der Waals surface area (Å²) in [5.41, 5.74) is 0.734. The van der Waals surface area contributed by atoms with E-state index in [1.54, 1.807) is 12.1 Å². The topological polar surface area (TPSA) is 40.9 Å². The van der Waals surface area contributed by atoms with Gasteiger partial charge in [0.2, 0.25) is 0 Å². The molecular weight excluding hydrogens is 174 g/mol. The van der Waals surface area contributed by atoms with Crippen LogP contribution in [0.1, 0.15) is 30.1 Å². The lowest BCUT2D eigenvalue weighted by Gasteiger charge is -2.01. The second kappa shape index (κ2) is 5.18. The first kappa shape index (κ1) is 10.5. The van der Waals surface area contributed by atoms with Crippen LogP contribution in [0.3, 0.4) is 0 Å². The summed E-state index contributed by atoms with van der Waals surface area (Å²) in [5.74, 6) is 0.0790. The van der Waals surface area contributed by atoms with Crippen LogP contribution >= 0.6 is 0 Å². The lowest BCUT2D eigenvalue weighted by atomic mass is 10.0. The third kappa shape index (κ3) is 3.02. The zero-order chi connectivity index (χ0) is 10.4. The summed E-state index contributed by atoms with van der Waals surface area (Å²) in [6.45, 7) is 1.83. The molecule has 0 fully saturated rings. The number of benzene rings is 1. The Morgan fingerprint density at radius 2 is 2.07 bits per heavy atom. The lowest BCUT2D eigenvalue weighted by molar-refractivity contribution is 0.0977. The van der Waals surface area contributed by atoms with Gasteiger partial charge in [-0.2, -0.15) is 5.26 Å². The Morgan fingerprint density at radius 3 is 2.64 bits per heavy atom. The van der Waals surface area contributed by atoms with Gasteiger partial charge in [-0.25, -0.2) is 0 Å². The summed E-state index contributed by atoms with van der Waals surface area (Å²) in [4.78, 5) is 11.6. The minimum absolute atomic E-state index is 0.0392. The van der Waals surface area contributed by atoms with E-state index in [1.807, 2.05) is 25.1 Å². The normalized spacial score (nSPS) is 11.7. The van der Waals surface area contributed by atoms with Crippen molar-refractivity contribution in [2.45, 2.75) is 19.8 Å². The number of nitrogens with zero attached hydrogens (tertiary/aromatic N) is 1. The van der Waals surface area contributed by atoms with E-state index in [0.717, 1.165) is 5.56 Å². The van der Waals surface area contributed by atoms with Crippen LogP contribution in [0.2, 0.25) is 0 Å². The monoisotopic (exact) mass is 187 g/mol. The molecule has 72 valence electrons. The van der Waals surface area contributed by atoms with E-state index in [4.69, 9.17) is 5.26 Å². The van der Waals surface area contributed by atoms with Gasteiger partial charge in [0.05, 0.1) is 6.07 Å². The maximum Gasteiger partial charge on any atom is 0.162 e. The van der Waals surface area contributed by atoms with Crippen LogP contribution in [0.15, 0.2) is 30.3 Å². The van der Waals surface area contributed by atoms with Crippen molar-refractivity contribution in [3.05, 3.63) is 35.9 Å². The highest BCUT2D eigenvalue weighted by molar-refractivity contribution is 5.95. The number of rotatable bonds is 4. The number of carbonyl (C=O) groups excluding carboxylic acids is 1. The molecule has 0 N–H and O–H groups in total. The molecule has 2 heteroatoms. The van der Waals surface area contributed by atoms with Crippen molar-refractivity contribution in [1.29, 1.82) is 5.26 Å². The molecule has 0 saturated carbocycles. The summed E-state index contributed by atoms with van der Waals surface area (Å²) in [7, 11) is 0. The molecule has 1 aromatic rings. The SMILES string of the molecule is CC(C#N)CCC(=O)c1ccccc1. The van der Waals surface area contributed by atoms with Crippen molar-refractivity contribution in [2.75, 3.05) is 0 Å². The van der Waals surface area contributed by atoms with Crippen LogP contribution in [0, 0.1) is 17.2 Å². The Morgan fingerprint density at radius 1 is 1.43 bits per heavy atom. The molecule has 0 aliphatic heterocycles. The minimum atomic E-state index is -0.0392. The number of nitriles is 1. The highest BCUT2D eigenvalue weighted by Gasteiger charge is 2.07. The standard InChI is InChI=1S/C12H13NO/c1-10(9-13)7-8-12(14)11-5-3-2-4-6-11/h2-6,10H,7-8H2,1H3. The molecule has 0 aromatic heterocycles. The average Bonchev–Trinajstić information content (AvgIpc) is 2.26. The molecule has 1 atom stereocenters. The van der Waals surface area contributed by atoms with Crippen molar-refractivity contribution < 1.29 is 4.79 Å². The third-order valence-corrected chi connectivity index (χ3v) is 2.12. The van der Waals surface area contributed by atoms with Crippen molar-refractivity contribution in [3.63, 3.8) is 0 Å². The Kier molecular flexibility index (Phi) is 3.87. The van der Waals surface area contributed by atoms with Crippen LogP contribution in [-0.2, 0) is 0 Å². The second-order valence-corrected chi connectivity index (χ2v) is 3.36. The van der Waals surface area contributed by atoms with Gasteiger partial charge in [0.1, 0.15) is 0 Å². The third-order valence-electron chi connectivity index (χ3n) is 2.12. The Balaban J connectivity index is 2.49. The van der Waals surface area contributed by atoms with Gasteiger partial charge in [0.25, 0.3) is 0 Å². The quantitative estimate of drug-likeness (QED) is 0.680. The van der Waals surface area contributed by atoms with Gasteiger partial charge >= 0.3 is 0 Å². The predicted octanol–water partition coefficient (Wildman–Crippen LogP) is 2.81. The smallest absolute Gasteiger partial charge is 0.162 e. The minimum Gasteiger partial charge on any atom is -0.294 e. The second-order valence-electron chi connectivity index (χ2n) is 3.36. The summed E-state index contributed by atoms with van der Waals surface area (Å²) in [6.07, 6.45) is 1.10. The molecule has 0 radical (unpaired) electrons. The zero-order valence-corrected chi connectivity index (χ0v) is 8.23. The largest absolute Gasteiger partial charge is 0.294 e. The first-order valence-corrected chi connectivity index (χ1v) is 4.72. The van der Waals surface area contributed by atoms with E-state index in [1.165, 1.54) is 0 Å². The molecule has 14 heavy (non-hydrogen) atoms. The predicted molar refractivity (Wildman–Crippen MR) is 54.8 cm³/mol. The Labute approximate surface area is 84.2 Å². The zero-order valence-electron chi connectivity index (χ0n) is 8.23. The fourth-order valence-electron chi connectivity index (χ4n) is 1.18. The molecule has 0 bridgehead atoms. The summed E-state index contributed by atoms with van der Waals surface area (Å²) in [5, 5.41) is 8.56. The average molecular weight is 187 g/mol. The van der Waals surface area contributed by atoms with Crippen LogP contribution in [0.25, 0.3) is 0 Å². The number of hydrogen-bond acceptors (Lipinski definition) is 2. The van der Waals surface area contributed by atoms with Crippen molar-refractivity contribution in [3.8, 4) is 6.07 Å². The van der Waals surface area contributed by atoms with Gasteiger partial charge < -0.3 is 0 Å². The Hall–Kier alpha value is -1.62. The summed E-state index contributed by atoms with van der Waals surface area (Å²) >= 11 is 0. The van der Waals surface area contributed by atoms with Gasteiger partial charge in [-0.15, -0.1) is 0 Å². The molecule has 1 aromatic carbocycles. The molecule has 0 aliphatic carbocycles. The van der Waals surface area contributed by atoms with Gasteiger partial charge in [0.15, 0.2) is 5.78 Å². The van der Waals surface area contributed by atoms with Crippen molar-refractivity contribution in [2.24, 2.45) is 5.92 Å². The Bertz CT molecular complexity index is 337. The molecule has 1 unspecified atom stereocenters. The molecule has 1 rings (SSSR count). The number of carbonyl (C=O) groups is 1. The first-order chi connectivity index (χ1) is 6.74. The highest BCUT2D eigenvalue weighted by Crippen LogP contribution is 2.09. The fraction of sp³-hybridized carbons (Fsp3) is 0.333. The number of hydrogen-bond donors (Lipinski definition) is 0. The van der Waals surface area contributed by atoms with E-state index in [-0.39, 0.29) is 11.7 Å². The molecule has 0 heterocycles. The number of Topliss-reactive ketones (excluding diaryl/α,β-unsaturated/α-hetero) is 1. The van der Waals surface area contributed by atoms with E-state index < -0.39 is 0 Å². The molecule has 2 nitrogen and oxygen atoms in total. The molecule has 0 saturated heterocycles. The van der Waals surface area contributed by atoms with E-state index in [2.05, 4.69) is 6.07 Å². The maximum absolute atomic E-state index is 11.6. The van der Waals surface area contributed by atoms with Gasteiger partial charge in [-0.3, -0.25) is 4.79 Å². The van der Waals surface area contributed by atoms with Gasteiger partial charge in [-0.1, -0.05) is 30.3 Å². The first-order valence-electron chi connectivity index (χ1n) is 4.72. The maximum atomic E-state index is 11.6. The van der Waals surface area contributed by atoms with Crippen LogP contribution in [0.5, 0.6) is 0 Å². The van der Waals surface area contributed by atoms with E-state index >= 15 is 0 Å². The van der Waals surface area contributed by atoms with E-state index in [9.17, 15) is 4.79 Å². The summed E-state index contributed by atoms with van der Waals surface area (Å²) < 4.78 is 0. The molecule has 0 aliphatic rings. The fourth-order valence-corrected chi connectivity index (χ4v) is 1.18. The molecule has 0 spiro atoms. The van der Waals surface area contributed by atoms with E-state index in [0.29, 0.717) is 12.8 Å².